The summed E-state index contributed by atoms with van der Waals surface area (Å²) in [6.07, 6.45) is 1.61. The molecule has 1 aromatic carbocycles. The molecule has 0 saturated carbocycles. The molecule has 0 aliphatic rings. The van der Waals surface area contributed by atoms with E-state index in [9.17, 15) is 4.79 Å². The molecule has 0 saturated heterocycles. The van der Waals surface area contributed by atoms with Crippen LogP contribution in [0.1, 0.15) is 11.3 Å². The number of likely N-dealkylation sites (N-methyl/N-ethyl adjacent to an activating group) is 1. The van der Waals surface area contributed by atoms with E-state index in [1.807, 2.05) is 32.0 Å². The lowest BCUT2D eigenvalue weighted by atomic mass is 10.1. The minimum absolute atomic E-state index is 0.0825. The highest BCUT2D eigenvalue weighted by Gasteiger charge is 2.10. The minimum atomic E-state index is -0.0825. The van der Waals surface area contributed by atoms with Gasteiger partial charge in [-0.15, -0.1) is 0 Å². The molecule has 0 aliphatic carbocycles. The van der Waals surface area contributed by atoms with Crippen molar-refractivity contribution in [3.63, 3.8) is 0 Å². The van der Waals surface area contributed by atoms with Crippen LogP contribution in [0.4, 0.5) is 5.69 Å². The van der Waals surface area contributed by atoms with E-state index in [2.05, 4.69) is 15.6 Å². The van der Waals surface area contributed by atoms with E-state index in [1.54, 1.807) is 13.3 Å². The van der Waals surface area contributed by atoms with E-state index >= 15 is 0 Å². The van der Waals surface area contributed by atoms with Crippen molar-refractivity contribution < 1.29 is 9.21 Å². The second-order valence-corrected chi connectivity index (χ2v) is 4.40. The number of anilines is 1. The van der Waals surface area contributed by atoms with Gasteiger partial charge in [-0.2, -0.15) is 0 Å². The van der Waals surface area contributed by atoms with Crippen LogP contribution in [0.5, 0.6) is 0 Å². The predicted molar refractivity (Wildman–Crippen MR) is 74.0 cm³/mol. The Morgan fingerprint density at radius 2 is 2.16 bits per heavy atom. The largest absolute Gasteiger partial charge is 0.444 e. The molecule has 2 rings (SSSR count). The minimum Gasteiger partial charge on any atom is -0.444 e. The highest BCUT2D eigenvalue weighted by atomic mass is 16.3. The van der Waals surface area contributed by atoms with Crippen molar-refractivity contribution in [2.45, 2.75) is 13.8 Å². The second-order valence-electron chi connectivity index (χ2n) is 4.40. The maximum absolute atomic E-state index is 11.5. The average Bonchev–Trinajstić information content (AvgIpc) is 2.78. The highest BCUT2D eigenvalue weighted by Crippen LogP contribution is 2.25. The van der Waals surface area contributed by atoms with Crippen molar-refractivity contribution in [2.75, 3.05) is 18.9 Å². The molecule has 100 valence electrons. The molecule has 1 aromatic heterocycles. The number of aryl methyl sites for hydroxylation is 2. The molecule has 5 heteroatoms. The Morgan fingerprint density at radius 1 is 1.37 bits per heavy atom. The van der Waals surface area contributed by atoms with Crippen LogP contribution in [-0.4, -0.2) is 24.5 Å². The zero-order chi connectivity index (χ0) is 13.8. The normalized spacial score (nSPS) is 10.5. The van der Waals surface area contributed by atoms with Crippen molar-refractivity contribution >= 4 is 11.6 Å². The van der Waals surface area contributed by atoms with Crippen molar-refractivity contribution in [3.05, 3.63) is 35.7 Å². The fraction of sp³-hybridized carbons (Fsp3) is 0.286. The van der Waals surface area contributed by atoms with Gasteiger partial charge in [-0.3, -0.25) is 4.79 Å². The van der Waals surface area contributed by atoms with Crippen LogP contribution in [0.2, 0.25) is 0 Å². The Balaban J connectivity index is 2.27. The topological polar surface area (TPSA) is 67.2 Å². The summed E-state index contributed by atoms with van der Waals surface area (Å²) in [5.74, 6) is 0.487. The molecule has 5 nitrogen and oxygen atoms in total. The number of oxazole rings is 1. The van der Waals surface area contributed by atoms with Crippen LogP contribution in [0.15, 0.2) is 28.9 Å². The first-order valence-corrected chi connectivity index (χ1v) is 6.07. The van der Waals surface area contributed by atoms with Gasteiger partial charge in [0.15, 0.2) is 0 Å². The Morgan fingerprint density at radius 3 is 2.79 bits per heavy atom. The summed E-state index contributed by atoms with van der Waals surface area (Å²) >= 11 is 0. The van der Waals surface area contributed by atoms with Gasteiger partial charge in [-0.25, -0.2) is 4.98 Å². The standard InChI is InChI=1S/C14H17N3O2/c1-9-4-5-11(17-13(18)7-15-3)6-12(9)14-16-10(2)8-19-14/h4-6,8,15H,7H2,1-3H3,(H,17,18). The summed E-state index contributed by atoms with van der Waals surface area (Å²) in [4.78, 5) is 15.8. The zero-order valence-corrected chi connectivity index (χ0v) is 11.3. The summed E-state index contributed by atoms with van der Waals surface area (Å²) in [6.45, 7) is 4.14. The van der Waals surface area contributed by atoms with Gasteiger partial charge >= 0.3 is 0 Å². The first kappa shape index (κ1) is 13.3. The number of hydrogen-bond donors (Lipinski definition) is 2. The molecule has 0 spiro atoms. The Kier molecular flexibility index (Phi) is 3.97. The van der Waals surface area contributed by atoms with Crippen LogP contribution in [-0.2, 0) is 4.79 Å². The van der Waals surface area contributed by atoms with Gasteiger partial charge < -0.3 is 15.1 Å². The van der Waals surface area contributed by atoms with E-state index in [0.29, 0.717) is 5.89 Å². The molecule has 2 N–H and O–H groups in total. The van der Waals surface area contributed by atoms with Gasteiger partial charge in [0.05, 0.1) is 12.2 Å². The Bertz CT molecular complexity index is 590. The Hall–Kier alpha value is -2.14. The molecule has 2 aromatic rings. The van der Waals surface area contributed by atoms with Crippen molar-refractivity contribution in [2.24, 2.45) is 0 Å². The second kappa shape index (κ2) is 5.67. The van der Waals surface area contributed by atoms with E-state index < -0.39 is 0 Å². The monoisotopic (exact) mass is 259 g/mol. The van der Waals surface area contributed by atoms with Crippen LogP contribution >= 0.6 is 0 Å². The highest BCUT2D eigenvalue weighted by molar-refractivity contribution is 5.92. The smallest absolute Gasteiger partial charge is 0.238 e. The molecular formula is C14H17N3O2. The van der Waals surface area contributed by atoms with Gasteiger partial charge in [-0.05, 0) is 38.6 Å². The number of aromatic nitrogens is 1. The van der Waals surface area contributed by atoms with Crippen LogP contribution in [0.25, 0.3) is 11.5 Å². The Labute approximate surface area is 112 Å². The number of rotatable bonds is 4. The van der Waals surface area contributed by atoms with Gasteiger partial charge in [0.1, 0.15) is 6.26 Å². The average molecular weight is 259 g/mol. The van der Waals surface area contributed by atoms with E-state index in [0.717, 1.165) is 22.5 Å². The number of amides is 1. The maximum atomic E-state index is 11.5. The molecule has 0 bridgehead atoms. The lowest BCUT2D eigenvalue weighted by Crippen LogP contribution is -2.25. The fourth-order valence-corrected chi connectivity index (χ4v) is 1.77. The van der Waals surface area contributed by atoms with Gasteiger partial charge in [0.2, 0.25) is 11.8 Å². The van der Waals surface area contributed by atoms with Crippen molar-refractivity contribution in [1.29, 1.82) is 0 Å². The summed E-state index contributed by atoms with van der Waals surface area (Å²) in [5.41, 5.74) is 3.50. The molecule has 1 heterocycles. The van der Waals surface area contributed by atoms with Crippen LogP contribution < -0.4 is 10.6 Å². The van der Waals surface area contributed by atoms with Gasteiger partial charge in [0, 0.05) is 11.3 Å². The fourth-order valence-electron chi connectivity index (χ4n) is 1.77. The van der Waals surface area contributed by atoms with Crippen molar-refractivity contribution in [3.8, 4) is 11.5 Å². The summed E-state index contributed by atoms with van der Waals surface area (Å²) < 4.78 is 5.40. The van der Waals surface area contributed by atoms with E-state index in [1.165, 1.54) is 0 Å². The lowest BCUT2D eigenvalue weighted by Gasteiger charge is -2.08. The number of carbonyl (C=O) groups is 1. The zero-order valence-electron chi connectivity index (χ0n) is 11.3. The third-order valence-corrected chi connectivity index (χ3v) is 2.71. The quantitative estimate of drug-likeness (QED) is 0.882. The molecule has 0 atom stereocenters. The van der Waals surface area contributed by atoms with Gasteiger partial charge in [-0.1, -0.05) is 6.07 Å². The third kappa shape index (κ3) is 3.20. The SMILES string of the molecule is CNCC(=O)Nc1ccc(C)c(-c2nc(C)co2)c1. The van der Waals surface area contributed by atoms with Crippen molar-refractivity contribution in [1.82, 2.24) is 10.3 Å². The number of benzene rings is 1. The predicted octanol–water partition coefficient (Wildman–Crippen LogP) is 2.12. The molecule has 1 amide bonds. The first-order valence-electron chi connectivity index (χ1n) is 6.07. The number of nitrogens with one attached hydrogen (secondary N) is 2. The molecule has 19 heavy (non-hydrogen) atoms. The van der Waals surface area contributed by atoms with Crippen LogP contribution in [0, 0.1) is 13.8 Å². The molecule has 0 unspecified atom stereocenters. The summed E-state index contributed by atoms with van der Waals surface area (Å²) in [6, 6.07) is 5.67. The number of nitrogens with zero attached hydrogens (tertiary/aromatic N) is 1. The molecule has 0 aliphatic heterocycles. The lowest BCUT2D eigenvalue weighted by molar-refractivity contribution is -0.115. The van der Waals surface area contributed by atoms with Gasteiger partial charge in [0.25, 0.3) is 0 Å². The molecule has 0 fully saturated rings. The molecule has 0 radical (unpaired) electrons. The summed E-state index contributed by atoms with van der Waals surface area (Å²) in [5, 5.41) is 5.62. The van der Waals surface area contributed by atoms with Crippen LogP contribution in [0.3, 0.4) is 0 Å². The number of hydrogen-bond acceptors (Lipinski definition) is 4. The van der Waals surface area contributed by atoms with E-state index in [-0.39, 0.29) is 12.5 Å². The summed E-state index contributed by atoms with van der Waals surface area (Å²) in [7, 11) is 1.73. The maximum Gasteiger partial charge on any atom is 0.238 e. The van der Waals surface area contributed by atoms with E-state index in [4.69, 9.17) is 4.42 Å². The number of carbonyl (C=O) groups excluding carboxylic acids is 1. The third-order valence-electron chi connectivity index (χ3n) is 2.71. The first-order chi connectivity index (χ1) is 9.10. The molecular weight excluding hydrogens is 242 g/mol.